The summed E-state index contributed by atoms with van der Waals surface area (Å²) in [6, 6.07) is 0.370. The number of ether oxygens (including phenoxy) is 1. The van der Waals surface area contributed by atoms with Crippen molar-refractivity contribution in [3.05, 3.63) is 0 Å². The van der Waals surface area contributed by atoms with E-state index in [4.69, 9.17) is 4.74 Å². The van der Waals surface area contributed by atoms with Crippen LogP contribution in [0.25, 0.3) is 0 Å². The average Bonchev–Trinajstić information content (AvgIpc) is 2.88. The van der Waals surface area contributed by atoms with Gasteiger partial charge in [0.15, 0.2) is 0 Å². The molecular weight excluding hydrogens is 166 g/mol. The number of hydrogen-bond acceptors (Lipinski definition) is 3. The summed E-state index contributed by atoms with van der Waals surface area (Å²) in [5.74, 6) is 0.443. The Morgan fingerprint density at radius 1 is 1.46 bits per heavy atom. The maximum absolute atomic E-state index is 11.5. The van der Waals surface area contributed by atoms with Crippen LogP contribution in [0.15, 0.2) is 0 Å². The molecule has 0 aromatic carbocycles. The van der Waals surface area contributed by atoms with Gasteiger partial charge in [-0.05, 0) is 39.7 Å². The smallest absolute Gasteiger partial charge is 0.323 e. The van der Waals surface area contributed by atoms with Crippen molar-refractivity contribution in [2.24, 2.45) is 5.92 Å². The number of likely N-dealkylation sites (N-methyl/N-ethyl adjacent to an activating group) is 1. The molecule has 13 heavy (non-hydrogen) atoms. The van der Waals surface area contributed by atoms with Crippen molar-refractivity contribution in [3.63, 3.8) is 0 Å². The predicted octanol–water partition coefficient (Wildman–Crippen LogP) is 1.28. The lowest BCUT2D eigenvalue weighted by atomic mass is 10.1. The van der Waals surface area contributed by atoms with E-state index in [2.05, 4.69) is 18.7 Å². The van der Waals surface area contributed by atoms with Crippen LogP contribution in [-0.2, 0) is 9.53 Å². The quantitative estimate of drug-likeness (QED) is 0.618. The summed E-state index contributed by atoms with van der Waals surface area (Å²) in [6.45, 7) is 4.19. The van der Waals surface area contributed by atoms with Crippen LogP contribution in [-0.4, -0.2) is 37.1 Å². The van der Waals surface area contributed by atoms with Gasteiger partial charge in [0.1, 0.15) is 6.04 Å². The number of nitrogens with zero attached hydrogens (tertiary/aromatic N) is 1. The van der Waals surface area contributed by atoms with Crippen molar-refractivity contribution in [2.75, 3.05) is 14.2 Å². The number of carbonyl (C=O) groups excluding carboxylic acids is 1. The molecule has 0 aromatic rings. The van der Waals surface area contributed by atoms with Crippen LogP contribution >= 0.6 is 0 Å². The minimum absolute atomic E-state index is 0.0231. The molecule has 0 spiro atoms. The van der Waals surface area contributed by atoms with Gasteiger partial charge in [-0.3, -0.25) is 9.69 Å². The van der Waals surface area contributed by atoms with Gasteiger partial charge in [0.25, 0.3) is 0 Å². The number of esters is 1. The zero-order chi connectivity index (χ0) is 10.0. The molecule has 0 radical (unpaired) electrons. The number of rotatable bonds is 4. The van der Waals surface area contributed by atoms with E-state index in [0.717, 1.165) is 12.8 Å². The molecule has 0 amide bonds. The molecule has 0 N–H and O–H groups in total. The Kier molecular flexibility index (Phi) is 3.31. The first kappa shape index (κ1) is 10.5. The van der Waals surface area contributed by atoms with E-state index in [-0.39, 0.29) is 12.0 Å². The van der Waals surface area contributed by atoms with E-state index in [1.54, 1.807) is 0 Å². The second-order valence-corrected chi connectivity index (χ2v) is 4.06. The van der Waals surface area contributed by atoms with Gasteiger partial charge in [-0.25, -0.2) is 0 Å². The van der Waals surface area contributed by atoms with Crippen LogP contribution in [0.4, 0.5) is 0 Å². The molecule has 76 valence electrons. The molecule has 0 bridgehead atoms. The first-order valence-electron chi connectivity index (χ1n) is 4.87. The molecular formula is C10H19NO2. The molecule has 1 unspecified atom stereocenters. The van der Waals surface area contributed by atoms with Gasteiger partial charge >= 0.3 is 5.97 Å². The summed E-state index contributed by atoms with van der Waals surface area (Å²) in [7, 11) is 3.45. The van der Waals surface area contributed by atoms with E-state index < -0.39 is 0 Å². The third-order valence-corrected chi connectivity index (χ3v) is 2.76. The highest BCUT2D eigenvalue weighted by Crippen LogP contribution is 2.36. The molecule has 1 rings (SSSR count). The van der Waals surface area contributed by atoms with E-state index >= 15 is 0 Å². The van der Waals surface area contributed by atoms with E-state index in [0.29, 0.717) is 12.0 Å². The summed E-state index contributed by atoms with van der Waals surface area (Å²) in [6.07, 6.45) is 2.33. The van der Waals surface area contributed by atoms with Crippen molar-refractivity contribution in [2.45, 2.75) is 38.8 Å². The summed E-state index contributed by atoms with van der Waals surface area (Å²) in [5, 5.41) is 0. The first-order chi connectivity index (χ1) is 6.07. The van der Waals surface area contributed by atoms with Gasteiger partial charge in [-0.2, -0.15) is 0 Å². The highest BCUT2D eigenvalue weighted by Gasteiger charge is 2.40. The third-order valence-electron chi connectivity index (χ3n) is 2.76. The van der Waals surface area contributed by atoms with Crippen molar-refractivity contribution in [1.82, 2.24) is 4.90 Å². The first-order valence-corrected chi connectivity index (χ1v) is 4.87. The lowest BCUT2D eigenvalue weighted by Gasteiger charge is -2.29. The fourth-order valence-electron chi connectivity index (χ4n) is 1.55. The van der Waals surface area contributed by atoms with Gasteiger partial charge in [0, 0.05) is 6.04 Å². The highest BCUT2D eigenvalue weighted by atomic mass is 16.5. The Balaban J connectivity index is 2.61. The topological polar surface area (TPSA) is 29.5 Å². The fraction of sp³-hybridized carbons (Fsp3) is 0.900. The molecule has 1 fully saturated rings. The van der Waals surface area contributed by atoms with Crippen LogP contribution in [0.3, 0.4) is 0 Å². The Labute approximate surface area is 80.1 Å². The van der Waals surface area contributed by atoms with E-state index in [1.165, 1.54) is 7.11 Å². The Bertz CT molecular complexity index is 187. The maximum Gasteiger partial charge on any atom is 0.323 e. The van der Waals surface area contributed by atoms with Crippen molar-refractivity contribution in [1.29, 1.82) is 0 Å². The molecule has 0 heterocycles. The van der Waals surface area contributed by atoms with Crippen LogP contribution in [0.1, 0.15) is 26.7 Å². The standard InChI is InChI=1S/C10H19NO2/c1-7(2)11(3)9(8-5-6-8)10(12)13-4/h7-9H,5-6H2,1-4H3. The Hall–Kier alpha value is -0.570. The van der Waals surface area contributed by atoms with Gasteiger partial charge in [0.05, 0.1) is 7.11 Å². The summed E-state index contributed by atoms with van der Waals surface area (Å²) >= 11 is 0. The number of methoxy groups -OCH3 is 1. The minimum Gasteiger partial charge on any atom is -0.468 e. The molecule has 0 saturated heterocycles. The predicted molar refractivity (Wildman–Crippen MR) is 51.4 cm³/mol. The van der Waals surface area contributed by atoms with Gasteiger partial charge in [-0.1, -0.05) is 0 Å². The van der Waals surface area contributed by atoms with Crippen molar-refractivity contribution >= 4 is 5.97 Å². The minimum atomic E-state index is -0.0845. The monoisotopic (exact) mass is 185 g/mol. The summed E-state index contributed by atoms with van der Waals surface area (Å²) < 4.78 is 4.80. The maximum atomic E-state index is 11.5. The van der Waals surface area contributed by atoms with Gasteiger partial charge < -0.3 is 4.74 Å². The lowest BCUT2D eigenvalue weighted by molar-refractivity contribution is -0.148. The average molecular weight is 185 g/mol. The van der Waals surface area contributed by atoms with Crippen molar-refractivity contribution in [3.8, 4) is 0 Å². The Morgan fingerprint density at radius 3 is 2.31 bits per heavy atom. The molecule has 3 nitrogen and oxygen atoms in total. The van der Waals surface area contributed by atoms with E-state index in [1.807, 2.05) is 7.05 Å². The molecule has 3 heteroatoms. The lowest BCUT2D eigenvalue weighted by Crippen LogP contribution is -2.44. The molecule has 0 aliphatic heterocycles. The number of hydrogen-bond donors (Lipinski definition) is 0. The van der Waals surface area contributed by atoms with Crippen LogP contribution in [0, 0.1) is 5.92 Å². The molecule has 1 aliphatic rings. The number of carbonyl (C=O) groups is 1. The summed E-state index contributed by atoms with van der Waals surface area (Å²) in [5.41, 5.74) is 0. The third kappa shape index (κ3) is 2.44. The molecule has 0 aromatic heterocycles. The normalized spacial score (nSPS) is 19.2. The molecule has 1 aliphatic carbocycles. The van der Waals surface area contributed by atoms with Crippen LogP contribution in [0.5, 0.6) is 0 Å². The zero-order valence-electron chi connectivity index (χ0n) is 8.91. The van der Waals surface area contributed by atoms with Crippen LogP contribution in [0.2, 0.25) is 0 Å². The zero-order valence-corrected chi connectivity index (χ0v) is 8.91. The molecule has 1 saturated carbocycles. The Morgan fingerprint density at radius 2 is 2.00 bits per heavy atom. The van der Waals surface area contributed by atoms with E-state index in [9.17, 15) is 4.79 Å². The second kappa shape index (κ2) is 4.09. The fourth-order valence-corrected chi connectivity index (χ4v) is 1.55. The van der Waals surface area contributed by atoms with Gasteiger partial charge in [0.2, 0.25) is 0 Å². The summed E-state index contributed by atoms with van der Waals surface area (Å²) in [4.78, 5) is 13.6. The van der Waals surface area contributed by atoms with Gasteiger partial charge in [-0.15, -0.1) is 0 Å². The SMILES string of the molecule is COC(=O)C(C1CC1)N(C)C(C)C. The van der Waals surface area contributed by atoms with Crippen molar-refractivity contribution < 1.29 is 9.53 Å². The largest absolute Gasteiger partial charge is 0.468 e. The van der Waals surface area contributed by atoms with Crippen LogP contribution < -0.4 is 0 Å². The second-order valence-electron chi connectivity index (χ2n) is 4.06. The highest BCUT2D eigenvalue weighted by molar-refractivity contribution is 5.76. The molecule has 1 atom stereocenters.